The van der Waals surface area contributed by atoms with Gasteiger partial charge >= 0.3 is 11.9 Å². The van der Waals surface area contributed by atoms with Crippen LogP contribution in [0.1, 0.15) is 79.2 Å². The maximum absolute atomic E-state index is 14.2. The number of hydrogen-bond acceptors (Lipinski definition) is 11. The first-order valence-corrected chi connectivity index (χ1v) is 18.9. The Hall–Kier alpha value is -3.61. The van der Waals surface area contributed by atoms with Crippen molar-refractivity contribution >= 4 is 17.7 Å². The molecule has 0 aromatic heterocycles. The average Bonchev–Trinajstić information content (AvgIpc) is 3.47. The second kappa shape index (κ2) is 16.0. The number of carbonyl (C=O) groups excluding carboxylic acids is 2. The highest BCUT2D eigenvalue weighted by molar-refractivity contribution is 6.43. The summed E-state index contributed by atoms with van der Waals surface area (Å²) in [5.74, 6) is -3.03. The largest absolute Gasteiger partial charge is 0.462 e. The molecule has 0 radical (unpaired) electrons. The van der Waals surface area contributed by atoms with Crippen LogP contribution in [0.25, 0.3) is 0 Å². The molecule has 11 atom stereocenters. The van der Waals surface area contributed by atoms with Gasteiger partial charge < -0.3 is 38.7 Å². The fourth-order valence-electron chi connectivity index (χ4n) is 8.69. The molecule has 5 aliphatic rings. The van der Waals surface area contributed by atoms with Crippen molar-refractivity contribution in [1.82, 2.24) is 0 Å². The van der Waals surface area contributed by atoms with E-state index in [9.17, 15) is 19.8 Å². The third-order valence-electron chi connectivity index (χ3n) is 11.6. The van der Waals surface area contributed by atoms with Gasteiger partial charge in [-0.3, -0.25) is 4.79 Å². The van der Waals surface area contributed by atoms with E-state index >= 15 is 0 Å². The molecular formula is C42H55NO10. The number of esters is 2. The number of rotatable bonds is 5. The fraction of sp³-hybridized carbons (Fsp3) is 0.595. The third kappa shape index (κ3) is 7.96. The molecule has 4 aliphatic heterocycles. The van der Waals surface area contributed by atoms with Crippen molar-refractivity contribution in [3.8, 4) is 0 Å². The van der Waals surface area contributed by atoms with Gasteiger partial charge in [-0.05, 0) is 55.2 Å². The van der Waals surface area contributed by atoms with E-state index in [1.807, 2.05) is 44.2 Å². The highest BCUT2D eigenvalue weighted by Crippen LogP contribution is 2.47. The van der Waals surface area contributed by atoms with Gasteiger partial charge in [0.1, 0.15) is 43.0 Å². The van der Waals surface area contributed by atoms with Crippen molar-refractivity contribution in [2.75, 3.05) is 13.7 Å². The van der Waals surface area contributed by atoms with E-state index in [4.69, 9.17) is 28.5 Å². The van der Waals surface area contributed by atoms with Crippen LogP contribution in [-0.4, -0.2) is 89.6 Å². The molecule has 6 rings (SSSR count). The van der Waals surface area contributed by atoms with Crippen LogP contribution in [0.15, 0.2) is 82.6 Å². The van der Waals surface area contributed by atoms with Crippen LogP contribution in [0.4, 0.5) is 0 Å². The van der Waals surface area contributed by atoms with Crippen molar-refractivity contribution in [2.45, 2.75) is 122 Å². The Morgan fingerprint density at radius 2 is 1.83 bits per heavy atom. The van der Waals surface area contributed by atoms with E-state index in [2.05, 4.69) is 25.9 Å². The van der Waals surface area contributed by atoms with Crippen molar-refractivity contribution in [2.24, 2.45) is 28.8 Å². The summed E-state index contributed by atoms with van der Waals surface area (Å²) in [6.07, 6.45) is 7.90. The van der Waals surface area contributed by atoms with Crippen LogP contribution in [-0.2, 0) is 38.1 Å². The summed E-state index contributed by atoms with van der Waals surface area (Å²) < 4.78 is 32.2. The van der Waals surface area contributed by atoms with Crippen molar-refractivity contribution in [3.05, 3.63) is 83.0 Å². The van der Waals surface area contributed by atoms with Crippen molar-refractivity contribution < 1.29 is 48.3 Å². The predicted molar refractivity (Wildman–Crippen MR) is 197 cm³/mol. The Morgan fingerprint density at radius 1 is 1.08 bits per heavy atom. The van der Waals surface area contributed by atoms with Gasteiger partial charge in [0.2, 0.25) is 0 Å². The zero-order valence-corrected chi connectivity index (χ0v) is 31.9. The number of aliphatic hydroxyl groups excluding tert-OH is 1. The van der Waals surface area contributed by atoms with Crippen LogP contribution in [0.2, 0.25) is 0 Å². The summed E-state index contributed by atoms with van der Waals surface area (Å²) in [5, 5.41) is 27.5. The normalized spacial score (nSPS) is 40.6. The van der Waals surface area contributed by atoms with Gasteiger partial charge in [-0.15, -0.1) is 0 Å². The highest BCUT2D eigenvalue weighted by atomic mass is 16.7. The molecule has 2 bridgehead atoms. The summed E-state index contributed by atoms with van der Waals surface area (Å²) in [6.45, 7) is 12.1. The van der Waals surface area contributed by atoms with Crippen molar-refractivity contribution in [3.63, 3.8) is 0 Å². The molecule has 1 aromatic rings. The molecule has 0 amide bonds. The number of ether oxygens (including phenoxy) is 5. The Kier molecular flexibility index (Phi) is 11.8. The highest BCUT2D eigenvalue weighted by Gasteiger charge is 2.60. The van der Waals surface area contributed by atoms with E-state index in [0.29, 0.717) is 48.3 Å². The standard InChI is InChI=1S/C42H55NO10/c1-24(2)36-27(5)18-19-41(53-36)22-32-21-31(52-41)17-16-26(4)37(51-40(46)34(43-48-7)29-13-9-8-10-14-29)25(3)12-11-15-30-23-49-38-35(44)28(6)20-33(39(45)50-32)42(30,38)47/h8-16,20,24-25,27,31-33,35-38,44,47H,17-19,21-23H2,1-7H3/b12-11+,26-16+,30-15+,43-34-/t25-,27-,31+,32-,33-,35+,36+,37+,38+,41+,42+/m0/s1. The Morgan fingerprint density at radius 3 is 2.55 bits per heavy atom. The Labute approximate surface area is 312 Å². The molecule has 4 heterocycles. The predicted octanol–water partition coefficient (Wildman–Crippen LogP) is 5.74. The minimum Gasteiger partial charge on any atom is -0.462 e. The molecule has 1 aliphatic carbocycles. The molecule has 288 valence electrons. The van der Waals surface area contributed by atoms with Gasteiger partial charge in [-0.1, -0.05) is 93.6 Å². The summed E-state index contributed by atoms with van der Waals surface area (Å²) in [7, 11) is 1.38. The number of carbonyl (C=O) groups is 2. The van der Waals surface area contributed by atoms with Crippen LogP contribution in [0.5, 0.6) is 0 Å². The topological polar surface area (TPSA) is 142 Å². The second-order valence-electron chi connectivity index (χ2n) is 15.8. The number of benzene rings is 1. The first-order valence-electron chi connectivity index (χ1n) is 18.9. The minimum absolute atomic E-state index is 0.0121. The van der Waals surface area contributed by atoms with E-state index < -0.39 is 53.7 Å². The van der Waals surface area contributed by atoms with Gasteiger partial charge in [0.25, 0.3) is 0 Å². The van der Waals surface area contributed by atoms with E-state index in [0.717, 1.165) is 12.0 Å². The van der Waals surface area contributed by atoms with Crippen molar-refractivity contribution in [1.29, 1.82) is 0 Å². The van der Waals surface area contributed by atoms with E-state index in [1.54, 1.807) is 37.3 Å². The van der Waals surface area contributed by atoms with E-state index in [-0.39, 0.29) is 36.4 Å². The molecule has 2 N–H and O–H groups in total. The lowest BCUT2D eigenvalue weighted by atomic mass is 9.71. The molecular weight excluding hydrogens is 678 g/mol. The first kappa shape index (κ1) is 39.1. The zero-order valence-electron chi connectivity index (χ0n) is 31.9. The van der Waals surface area contributed by atoms with Gasteiger partial charge in [0, 0.05) is 30.7 Å². The SMILES string of the molecule is CO/N=C(\C(=O)O[C@H]1/C(C)=C/C[C@@H]2C[C@@H](C[C@]3(CC[C@H](C)[C@@H](C(C)C)O3)O2)OC(=O)[C@@H]2C=C(C)[C@@H](O)[C@H]3OC/C(=C\C=C\[C@@H]1C)[C@]32O)c1ccccc1. The fourth-order valence-corrected chi connectivity index (χ4v) is 8.69. The van der Waals surface area contributed by atoms with Crippen LogP contribution in [0.3, 0.4) is 0 Å². The number of allylic oxidation sites excluding steroid dienone is 2. The molecule has 1 aromatic carbocycles. The molecule has 3 fully saturated rings. The monoisotopic (exact) mass is 733 g/mol. The molecule has 0 saturated carbocycles. The lowest BCUT2D eigenvalue weighted by Crippen LogP contribution is -2.58. The number of nitrogens with zero attached hydrogens (tertiary/aromatic N) is 1. The first-order chi connectivity index (χ1) is 25.3. The summed E-state index contributed by atoms with van der Waals surface area (Å²) in [5.41, 5.74) is 0.526. The smallest absolute Gasteiger partial charge is 0.361 e. The number of oxime groups is 1. The van der Waals surface area contributed by atoms with Gasteiger partial charge in [-0.25, -0.2) is 4.79 Å². The van der Waals surface area contributed by atoms with Gasteiger partial charge in [0.15, 0.2) is 11.5 Å². The van der Waals surface area contributed by atoms with Crippen LogP contribution in [0, 0.1) is 23.7 Å². The van der Waals surface area contributed by atoms with E-state index in [1.165, 1.54) is 7.11 Å². The summed E-state index contributed by atoms with van der Waals surface area (Å²) in [4.78, 5) is 33.0. The lowest BCUT2D eigenvalue weighted by Gasteiger charge is -2.50. The zero-order chi connectivity index (χ0) is 38.1. The summed E-state index contributed by atoms with van der Waals surface area (Å²) in [6, 6.07) is 9.00. The molecule has 11 heteroatoms. The van der Waals surface area contributed by atoms with Crippen LogP contribution < -0.4 is 0 Å². The molecule has 53 heavy (non-hydrogen) atoms. The second-order valence-corrected chi connectivity index (χ2v) is 15.8. The average molecular weight is 734 g/mol. The number of hydrogen-bond donors (Lipinski definition) is 2. The van der Waals surface area contributed by atoms with Gasteiger partial charge in [-0.2, -0.15) is 0 Å². The molecule has 1 spiro atoms. The number of aliphatic hydroxyl groups is 2. The number of fused-ring (bicyclic) bond motifs is 2. The minimum atomic E-state index is -1.84. The Balaban J connectivity index is 1.40. The molecule has 3 saturated heterocycles. The maximum atomic E-state index is 14.2. The summed E-state index contributed by atoms with van der Waals surface area (Å²) >= 11 is 0. The van der Waals surface area contributed by atoms with Gasteiger partial charge in [0.05, 0.1) is 18.8 Å². The Bertz CT molecular complexity index is 1660. The third-order valence-corrected chi connectivity index (χ3v) is 11.6. The molecule has 0 unspecified atom stereocenters. The molecule has 11 nitrogen and oxygen atoms in total. The lowest BCUT2D eigenvalue weighted by molar-refractivity contribution is -0.340. The van der Waals surface area contributed by atoms with Crippen LogP contribution >= 0.6 is 0 Å². The quantitative estimate of drug-likeness (QED) is 0.167. The maximum Gasteiger partial charge on any atom is 0.361 e.